The average Bonchev–Trinajstić information content (AvgIpc) is 2.30. The Bertz CT molecular complexity index is 483. The van der Waals surface area contributed by atoms with Gasteiger partial charge in [0.15, 0.2) is 0 Å². The van der Waals surface area contributed by atoms with E-state index < -0.39 is 7.12 Å². The first-order chi connectivity index (χ1) is 7.68. The lowest BCUT2D eigenvalue weighted by molar-refractivity contribution is 0.425. The summed E-state index contributed by atoms with van der Waals surface area (Å²) in [6.07, 6.45) is 1.48. The van der Waals surface area contributed by atoms with Gasteiger partial charge in [-0.2, -0.15) is 0 Å². The molecule has 0 fully saturated rings. The zero-order valence-electron chi connectivity index (χ0n) is 8.96. The number of nitrogens with zero attached hydrogens (tertiary/aromatic N) is 1. The van der Waals surface area contributed by atoms with Gasteiger partial charge in [-0.3, -0.25) is 4.98 Å². The molecule has 0 aliphatic carbocycles. The highest BCUT2D eigenvalue weighted by atomic mass is 16.4. The van der Waals surface area contributed by atoms with Crippen molar-refractivity contribution in [3.63, 3.8) is 0 Å². The first kappa shape index (κ1) is 10.9. The third kappa shape index (κ3) is 2.13. The van der Waals surface area contributed by atoms with E-state index in [-0.39, 0.29) is 0 Å². The fraction of sp³-hybridized carbons (Fsp3) is 0.0833. The Labute approximate surface area is 94.6 Å². The van der Waals surface area contributed by atoms with E-state index in [1.165, 1.54) is 6.20 Å². The maximum Gasteiger partial charge on any atom is 0.490 e. The molecule has 80 valence electrons. The van der Waals surface area contributed by atoms with Gasteiger partial charge in [0.2, 0.25) is 0 Å². The van der Waals surface area contributed by atoms with Gasteiger partial charge < -0.3 is 10.0 Å². The SMILES string of the molecule is Cc1ccccc1-c1ccc(B(O)O)cn1. The minimum Gasteiger partial charge on any atom is -0.423 e. The van der Waals surface area contributed by atoms with E-state index in [9.17, 15) is 0 Å². The van der Waals surface area contributed by atoms with E-state index in [4.69, 9.17) is 10.0 Å². The molecule has 0 amide bonds. The Morgan fingerprint density at radius 2 is 1.81 bits per heavy atom. The molecule has 4 heteroatoms. The van der Waals surface area contributed by atoms with Gasteiger partial charge in [-0.25, -0.2) is 0 Å². The number of aryl methyl sites for hydroxylation is 1. The van der Waals surface area contributed by atoms with Crippen LogP contribution in [-0.2, 0) is 0 Å². The fourth-order valence-electron chi connectivity index (χ4n) is 1.58. The van der Waals surface area contributed by atoms with Gasteiger partial charge in [0.05, 0.1) is 5.69 Å². The van der Waals surface area contributed by atoms with Crippen LogP contribution in [0.15, 0.2) is 42.6 Å². The van der Waals surface area contributed by atoms with Crippen LogP contribution < -0.4 is 5.46 Å². The lowest BCUT2D eigenvalue weighted by Gasteiger charge is -2.05. The first-order valence-corrected chi connectivity index (χ1v) is 5.06. The molecule has 2 N–H and O–H groups in total. The van der Waals surface area contributed by atoms with Gasteiger partial charge in [0.25, 0.3) is 0 Å². The van der Waals surface area contributed by atoms with Gasteiger partial charge in [-0.05, 0) is 18.6 Å². The molecule has 2 rings (SSSR count). The Kier molecular flexibility index (Phi) is 3.03. The Morgan fingerprint density at radius 1 is 1.06 bits per heavy atom. The summed E-state index contributed by atoms with van der Waals surface area (Å²) in [5.74, 6) is 0. The molecule has 16 heavy (non-hydrogen) atoms. The average molecular weight is 213 g/mol. The summed E-state index contributed by atoms with van der Waals surface area (Å²) in [5, 5.41) is 17.9. The third-order valence-corrected chi connectivity index (χ3v) is 2.51. The van der Waals surface area contributed by atoms with Gasteiger partial charge >= 0.3 is 7.12 Å². The van der Waals surface area contributed by atoms with E-state index in [0.29, 0.717) is 5.46 Å². The predicted octanol–water partition coefficient (Wildman–Crippen LogP) is 0.737. The van der Waals surface area contributed by atoms with Crippen molar-refractivity contribution in [3.8, 4) is 11.3 Å². The second-order valence-electron chi connectivity index (χ2n) is 3.67. The van der Waals surface area contributed by atoms with Crippen molar-refractivity contribution in [2.24, 2.45) is 0 Å². The van der Waals surface area contributed by atoms with Crippen LogP contribution >= 0.6 is 0 Å². The van der Waals surface area contributed by atoms with E-state index in [1.807, 2.05) is 31.2 Å². The van der Waals surface area contributed by atoms with Crippen LogP contribution in [0.4, 0.5) is 0 Å². The van der Waals surface area contributed by atoms with E-state index in [1.54, 1.807) is 12.1 Å². The Morgan fingerprint density at radius 3 is 2.38 bits per heavy atom. The molecular formula is C12H12BNO2. The van der Waals surface area contributed by atoms with Crippen molar-refractivity contribution in [3.05, 3.63) is 48.2 Å². The van der Waals surface area contributed by atoms with E-state index in [0.717, 1.165) is 16.8 Å². The molecule has 0 unspecified atom stereocenters. The normalized spacial score (nSPS) is 10.2. The molecule has 0 saturated carbocycles. The molecule has 1 aromatic carbocycles. The fourth-order valence-corrected chi connectivity index (χ4v) is 1.58. The topological polar surface area (TPSA) is 53.4 Å². The smallest absolute Gasteiger partial charge is 0.423 e. The van der Waals surface area contributed by atoms with Crippen LogP contribution in [0.2, 0.25) is 0 Å². The Hall–Kier alpha value is -1.65. The Balaban J connectivity index is 2.39. The number of hydrogen-bond donors (Lipinski definition) is 2. The maximum atomic E-state index is 8.96. The van der Waals surface area contributed by atoms with Crippen molar-refractivity contribution >= 4 is 12.6 Å². The van der Waals surface area contributed by atoms with Crippen molar-refractivity contribution in [2.45, 2.75) is 6.92 Å². The largest absolute Gasteiger partial charge is 0.490 e. The molecule has 0 bridgehead atoms. The molecular weight excluding hydrogens is 201 g/mol. The van der Waals surface area contributed by atoms with Crippen molar-refractivity contribution in [2.75, 3.05) is 0 Å². The van der Waals surface area contributed by atoms with Crippen LogP contribution in [0.5, 0.6) is 0 Å². The summed E-state index contributed by atoms with van der Waals surface area (Å²) >= 11 is 0. The van der Waals surface area contributed by atoms with Gasteiger partial charge in [0, 0.05) is 17.2 Å². The van der Waals surface area contributed by atoms with Gasteiger partial charge in [0.1, 0.15) is 0 Å². The zero-order chi connectivity index (χ0) is 11.5. The standard InChI is InChI=1S/C12H12BNO2/c1-9-4-2-3-5-11(9)12-7-6-10(8-14-12)13(15)16/h2-8,15-16H,1H3. The van der Waals surface area contributed by atoms with Crippen molar-refractivity contribution in [1.82, 2.24) is 4.98 Å². The maximum absolute atomic E-state index is 8.96. The molecule has 3 nitrogen and oxygen atoms in total. The molecule has 0 spiro atoms. The number of aromatic nitrogens is 1. The molecule has 1 heterocycles. The predicted molar refractivity (Wildman–Crippen MR) is 64.2 cm³/mol. The summed E-state index contributed by atoms with van der Waals surface area (Å²) in [5.41, 5.74) is 3.44. The number of benzene rings is 1. The highest BCUT2D eigenvalue weighted by molar-refractivity contribution is 6.58. The highest BCUT2D eigenvalue weighted by Crippen LogP contribution is 2.19. The van der Waals surface area contributed by atoms with Crippen molar-refractivity contribution in [1.29, 1.82) is 0 Å². The van der Waals surface area contributed by atoms with Gasteiger partial charge in [-0.1, -0.05) is 30.3 Å². The lowest BCUT2D eigenvalue weighted by Crippen LogP contribution is -2.29. The number of rotatable bonds is 2. The number of pyridine rings is 1. The van der Waals surface area contributed by atoms with Crippen LogP contribution in [0.25, 0.3) is 11.3 Å². The van der Waals surface area contributed by atoms with Crippen LogP contribution in [-0.4, -0.2) is 22.2 Å². The van der Waals surface area contributed by atoms with E-state index >= 15 is 0 Å². The molecule has 0 saturated heterocycles. The van der Waals surface area contributed by atoms with Crippen LogP contribution in [0, 0.1) is 6.92 Å². The monoisotopic (exact) mass is 213 g/mol. The molecule has 0 aliphatic heterocycles. The molecule has 1 aromatic heterocycles. The first-order valence-electron chi connectivity index (χ1n) is 5.06. The second kappa shape index (κ2) is 4.47. The molecule has 2 aromatic rings. The summed E-state index contributed by atoms with van der Waals surface area (Å²) in [7, 11) is -1.46. The summed E-state index contributed by atoms with van der Waals surface area (Å²) in [4.78, 5) is 4.21. The van der Waals surface area contributed by atoms with Gasteiger partial charge in [-0.15, -0.1) is 0 Å². The highest BCUT2D eigenvalue weighted by Gasteiger charge is 2.11. The molecule has 0 aliphatic rings. The molecule has 0 radical (unpaired) electrons. The minimum atomic E-state index is -1.46. The number of hydrogen-bond acceptors (Lipinski definition) is 3. The van der Waals surface area contributed by atoms with Crippen LogP contribution in [0.3, 0.4) is 0 Å². The third-order valence-electron chi connectivity index (χ3n) is 2.51. The van der Waals surface area contributed by atoms with Crippen molar-refractivity contribution < 1.29 is 10.0 Å². The summed E-state index contributed by atoms with van der Waals surface area (Å²) in [6, 6.07) is 11.4. The molecule has 0 atom stereocenters. The lowest BCUT2D eigenvalue weighted by atomic mass is 9.81. The van der Waals surface area contributed by atoms with E-state index in [2.05, 4.69) is 4.98 Å². The zero-order valence-corrected chi connectivity index (χ0v) is 8.96. The second-order valence-corrected chi connectivity index (χ2v) is 3.67. The summed E-state index contributed by atoms with van der Waals surface area (Å²) in [6.45, 7) is 2.02. The quantitative estimate of drug-likeness (QED) is 0.723. The van der Waals surface area contributed by atoms with Crippen LogP contribution in [0.1, 0.15) is 5.56 Å². The minimum absolute atomic E-state index is 0.400. The summed E-state index contributed by atoms with van der Waals surface area (Å²) < 4.78 is 0.